The number of likely N-dealkylation sites (tertiary alicyclic amines) is 1. The van der Waals surface area contributed by atoms with E-state index in [1.807, 2.05) is 0 Å². The average molecular weight is 266 g/mol. The van der Waals surface area contributed by atoms with Gasteiger partial charge in [-0.15, -0.1) is 0 Å². The van der Waals surface area contributed by atoms with E-state index < -0.39 is 0 Å². The van der Waals surface area contributed by atoms with Crippen LogP contribution in [0.25, 0.3) is 0 Å². The molecule has 0 aromatic rings. The fraction of sp³-hybridized carbons (Fsp3) is 0.938. The number of nitrogens with zero attached hydrogens (tertiary/aromatic N) is 1. The Kier molecular flexibility index (Phi) is 5.68. The fourth-order valence-corrected chi connectivity index (χ4v) is 3.34. The smallest absolute Gasteiger partial charge is 0.222 e. The first-order chi connectivity index (χ1) is 9.24. The summed E-state index contributed by atoms with van der Waals surface area (Å²) in [6.07, 6.45) is 8.19. The highest BCUT2D eigenvalue weighted by Gasteiger charge is 2.31. The van der Waals surface area contributed by atoms with Crippen LogP contribution in [0.2, 0.25) is 0 Å². The van der Waals surface area contributed by atoms with Crippen molar-refractivity contribution in [1.29, 1.82) is 0 Å². The normalized spacial score (nSPS) is 28.2. The molecular weight excluding hydrogens is 236 g/mol. The number of amides is 1. The molecule has 1 aliphatic heterocycles. The Morgan fingerprint density at radius 3 is 2.63 bits per heavy atom. The van der Waals surface area contributed by atoms with E-state index in [9.17, 15) is 4.79 Å². The molecule has 2 fully saturated rings. The number of rotatable bonds is 6. The maximum atomic E-state index is 12.3. The van der Waals surface area contributed by atoms with Crippen molar-refractivity contribution < 1.29 is 4.79 Å². The summed E-state index contributed by atoms with van der Waals surface area (Å²) in [6, 6.07) is 0.623. The van der Waals surface area contributed by atoms with Crippen LogP contribution in [0, 0.1) is 11.8 Å². The van der Waals surface area contributed by atoms with Gasteiger partial charge in [0.1, 0.15) is 0 Å². The van der Waals surface area contributed by atoms with Crippen LogP contribution < -0.4 is 5.32 Å². The van der Waals surface area contributed by atoms with E-state index in [-0.39, 0.29) is 0 Å². The van der Waals surface area contributed by atoms with Gasteiger partial charge in [-0.3, -0.25) is 4.79 Å². The molecule has 2 unspecified atom stereocenters. The number of piperidine rings is 1. The molecule has 110 valence electrons. The SMILES string of the molecule is CCCNC1CCN(C(=O)CC2CCC2)CC1CC. The summed E-state index contributed by atoms with van der Waals surface area (Å²) in [5.74, 6) is 1.76. The Bertz CT molecular complexity index is 288. The molecule has 0 aromatic carbocycles. The lowest BCUT2D eigenvalue weighted by Gasteiger charge is -2.40. The van der Waals surface area contributed by atoms with Gasteiger partial charge < -0.3 is 10.2 Å². The maximum absolute atomic E-state index is 12.3. The zero-order chi connectivity index (χ0) is 13.7. The van der Waals surface area contributed by atoms with Gasteiger partial charge in [0.05, 0.1) is 0 Å². The van der Waals surface area contributed by atoms with Crippen LogP contribution in [0.15, 0.2) is 0 Å². The highest BCUT2D eigenvalue weighted by atomic mass is 16.2. The highest BCUT2D eigenvalue weighted by molar-refractivity contribution is 5.76. The summed E-state index contributed by atoms with van der Waals surface area (Å²) < 4.78 is 0. The minimum atomic E-state index is 0.414. The van der Waals surface area contributed by atoms with Gasteiger partial charge in [-0.1, -0.05) is 26.7 Å². The molecule has 2 aliphatic rings. The molecule has 2 rings (SSSR count). The lowest BCUT2D eigenvalue weighted by atomic mass is 9.82. The lowest BCUT2D eigenvalue weighted by molar-refractivity contribution is -0.135. The van der Waals surface area contributed by atoms with E-state index in [0.29, 0.717) is 23.8 Å². The first kappa shape index (κ1) is 14.8. The van der Waals surface area contributed by atoms with Crippen LogP contribution >= 0.6 is 0 Å². The van der Waals surface area contributed by atoms with Crippen molar-refractivity contribution in [2.24, 2.45) is 11.8 Å². The second-order valence-electron chi connectivity index (χ2n) is 6.36. The molecule has 0 aromatic heterocycles. The summed E-state index contributed by atoms with van der Waals surface area (Å²) in [5.41, 5.74) is 0. The molecule has 1 aliphatic carbocycles. The standard InChI is InChI=1S/C16H30N2O/c1-3-9-17-15-8-10-18(12-14(15)4-2)16(19)11-13-6-5-7-13/h13-15,17H,3-12H2,1-2H3. The molecule has 2 atom stereocenters. The van der Waals surface area contributed by atoms with Crippen molar-refractivity contribution in [3.8, 4) is 0 Å². The number of carbonyl (C=O) groups excluding carboxylic acids is 1. The van der Waals surface area contributed by atoms with Crippen molar-refractivity contribution in [3.05, 3.63) is 0 Å². The van der Waals surface area contributed by atoms with Gasteiger partial charge in [0.2, 0.25) is 5.91 Å². The Labute approximate surface area is 118 Å². The summed E-state index contributed by atoms with van der Waals surface area (Å²) in [4.78, 5) is 14.4. The second kappa shape index (κ2) is 7.28. The third-order valence-electron chi connectivity index (χ3n) is 4.96. The van der Waals surface area contributed by atoms with Crippen LogP contribution in [-0.2, 0) is 4.79 Å². The van der Waals surface area contributed by atoms with E-state index >= 15 is 0 Å². The van der Waals surface area contributed by atoms with E-state index in [4.69, 9.17) is 0 Å². The minimum Gasteiger partial charge on any atom is -0.342 e. The first-order valence-electron chi connectivity index (χ1n) is 8.25. The highest BCUT2D eigenvalue weighted by Crippen LogP contribution is 2.30. The average Bonchev–Trinajstić information content (AvgIpc) is 2.40. The molecule has 1 saturated carbocycles. The summed E-state index contributed by atoms with van der Waals surface area (Å²) in [6.45, 7) is 7.51. The van der Waals surface area contributed by atoms with Crippen molar-refractivity contribution in [1.82, 2.24) is 10.2 Å². The Morgan fingerprint density at radius 1 is 1.26 bits per heavy atom. The van der Waals surface area contributed by atoms with Crippen LogP contribution in [0.3, 0.4) is 0 Å². The molecule has 1 N–H and O–H groups in total. The van der Waals surface area contributed by atoms with Crippen molar-refractivity contribution in [2.75, 3.05) is 19.6 Å². The molecule has 0 radical (unpaired) electrons. The van der Waals surface area contributed by atoms with E-state index in [0.717, 1.165) is 32.5 Å². The van der Waals surface area contributed by atoms with Gasteiger partial charge in [0, 0.05) is 25.6 Å². The maximum Gasteiger partial charge on any atom is 0.222 e. The van der Waals surface area contributed by atoms with Crippen LogP contribution in [0.4, 0.5) is 0 Å². The third-order valence-corrected chi connectivity index (χ3v) is 4.96. The molecule has 3 nitrogen and oxygen atoms in total. The van der Waals surface area contributed by atoms with Crippen molar-refractivity contribution >= 4 is 5.91 Å². The second-order valence-corrected chi connectivity index (χ2v) is 6.36. The molecule has 0 spiro atoms. The molecule has 1 saturated heterocycles. The number of carbonyl (C=O) groups is 1. The van der Waals surface area contributed by atoms with Gasteiger partial charge in [0.25, 0.3) is 0 Å². The molecule has 3 heteroatoms. The molecule has 1 amide bonds. The van der Waals surface area contributed by atoms with E-state index in [2.05, 4.69) is 24.1 Å². The topological polar surface area (TPSA) is 32.3 Å². The van der Waals surface area contributed by atoms with Gasteiger partial charge in [-0.05, 0) is 44.1 Å². The molecule has 0 bridgehead atoms. The zero-order valence-corrected chi connectivity index (χ0v) is 12.7. The fourth-order valence-electron chi connectivity index (χ4n) is 3.34. The monoisotopic (exact) mass is 266 g/mol. The van der Waals surface area contributed by atoms with Crippen LogP contribution in [0.1, 0.15) is 58.8 Å². The minimum absolute atomic E-state index is 0.414. The van der Waals surface area contributed by atoms with Crippen LogP contribution in [-0.4, -0.2) is 36.5 Å². The molecule has 1 heterocycles. The zero-order valence-electron chi connectivity index (χ0n) is 12.7. The Hall–Kier alpha value is -0.570. The lowest BCUT2D eigenvalue weighted by Crippen LogP contribution is -2.51. The van der Waals surface area contributed by atoms with Gasteiger partial charge in [-0.2, -0.15) is 0 Å². The number of nitrogens with one attached hydrogen (secondary N) is 1. The third kappa shape index (κ3) is 3.95. The van der Waals surface area contributed by atoms with Gasteiger partial charge >= 0.3 is 0 Å². The van der Waals surface area contributed by atoms with E-state index in [1.54, 1.807) is 0 Å². The summed E-state index contributed by atoms with van der Waals surface area (Å²) >= 11 is 0. The number of hydrogen-bond acceptors (Lipinski definition) is 2. The summed E-state index contributed by atoms with van der Waals surface area (Å²) in [5, 5.41) is 3.66. The van der Waals surface area contributed by atoms with Gasteiger partial charge in [0.15, 0.2) is 0 Å². The van der Waals surface area contributed by atoms with Crippen molar-refractivity contribution in [3.63, 3.8) is 0 Å². The molecule has 19 heavy (non-hydrogen) atoms. The quantitative estimate of drug-likeness (QED) is 0.802. The van der Waals surface area contributed by atoms with E-state index in [1.165, 1.54) is 32.1 Å². The first-order valence-corrected chi connectivity index (χ1v) is 8.25. The Morgan fingerprint density at radius 2 is 2.05 bits per heavy atom. The predicted octanol–water partition coefficient (Wildman–Crippen LogP) is 2.80. The predicted molar refractivity (Wildman–Crippen MR) is 79.0 cm³/mol. The van der Waals surface area contributed by atoms with Gasteiger partial charge in [-0.25, -0.2) is 0 Å². The Balaban J connectivity index is 1.79. The largest absolute Gasteiger partial charge is 0.342 e. The summed E-state index contributed by atoms with van der Waals surface area (Å²) in [7, 11) is 0. The number of hydrogen-bond donors (Lipinski definition) is 1. The molecular formula is C16H30N2O. The van der Waals surface area contributed by atoms with Crippen molar-refractivity contribution in [2.45, 2.75) is 64.8 Å². The van der Waals surface area contributed by atoms with Crippen LogP contribution in [0.5, 0.6) is 0 Å².